The van der Waals surface area contributed by atoms with Crippen LogP contribution in [-0.2, 0) is 6.42 Å². The molecule has 1 aromatic heterocycles. The van der Waals surface area contributed by atoms with Gasteiger partial charge in [0.25, 0.3) is 0 Å². The first-order valence-electron chi connectivity index (χ1n) is 7.44. The van der Waals surface area contributed by atoms with Gasteiger partial charge in [0, 0.05) is 35.9 Å². The average Bonchev–Trinajstić information content (AvgIpc) is 3.01. The van der Waals surface area contributed by atoms with E-state index in [0.29, 0.717) is 5.56 Å². The molecule has 0 aliphatic carbocycles. The van der Waals surface area contributed by atoms with E-state index in [2.05, 4.69) is 22.1 Å². The van der Waals surface area contributed by atoms with Crippen LogP contribution < -0.4 is 4.74 Å². The van der Waals surface area contributed by atoms with Crippen molar-refractivity contribution in [3.8, 4) is 11.8 Å². The molecule has 3 aromatic rings. The van der Waals surface area contributed by atoms with Crippen molar-refractivity contribution in [2.45, 2.75) is 6.42 Å². The van der Waals surface area contributed by atoms with Crippen LogP contribution in [0.25, 0.3) is 10.9 Å². The summed E-state index contributed by atoms with van der Waals surface area (Å²) in [6.07, 6.45) is 4.75. The standard InChI is InChI=1S/C19H17N3O/c1-23-17-6-7-18-16(13-22-19(18)10-17)8-9-21-12-15-4-2-14(11-20)3-5-15/h2-7,10,12-13,22H,8-9H2,1H3. The van der Waals surface area contributed by atoms with E-state index in [-0.39, 0.29) is 0 Å². The number of methoxy groups -OCH3 is 1. The summed E-state index contributed by atoms with van der Waals surface area (Å²) in [5, 5.41) is 9.98. The Bertz CT molecular complexity index is 870. The first-order valence-corrected chi connectivity index (χ1v) is 7.44. The number of ether oxygens (including phenoxy) is 1. The zero-order chi connectivity index (χ0) is 16.1. The Morgan fingerprint density at radius 2 is 2.04 bits per heavy atom. The largest absolute Gasteiger partial charge is 0.497 e. The van der Waals surface area contributed by atoms with Gasteiger partial charge in [-0.25, -0.2) is 0 Å². The number of aromatic amines is 1. The molecule has 0 radical (unpaired) electrons. The molecule has 0 atom stereocenters. The maximum absolute atomic E-state index is 8.77. The van der Waals surface area contributed by atoms with Crippen molar-refractivity contribution in [2.24, 2.45) is 4.99 Å². The van der Waals surface area contributed by atoms with E-state index in [1.54, 1.807) is 19.2 Å². The molecule has 0 bridgehead atoms. The van der Waals surface area contributed by atoms with Gasteiger partial charge in [-0.15, -0.1) is 0 Å². The average molecular weight is 303 g/mol. The third kappa shape index (κ3) is 3.41. The van der Waals surface area contributed by atoms with Crippen molar-refractivity contribution < 1.29 is 4.74 Å². The zero-order valence-electron chi connectivity index (χ0n) is 12.9. The summed E-state index contributed by atoms with van der Waals surface area (Å²) >= 11 is 0. The van der Waals surface area contributed by atoms with Gasteiger partial charge in [0.05, 0.1) is 18.7 Å². The van der Waals surface area contributed by atoms with Gasteiger partial charge >= 0.3 is 0 Å². The van der Waals surface area contributed by atoms with Gasteiger partial charge in [-0.05, 0) is 41.8 Å². The van der Waals surface area contributed by atoms with Crippen LogP contribution in [0.5, 0.6) is 5.75 Å². The molecule has 0 fully saturated rings. The molecule has 0 amide bonds. The highest BCUT2D eigenvalue weighted by molar-refractivity contribution is 5.84. The molecule has 0 saturated heterocycles. The quantitative estimate of drug-likeness (QED) is 0.730. The van der Waals surface area contributed by atoms with Crippen LogP contribution in [0.15, 0.2) is 53.7 Å². The van der Waals surface area contributed by atoms with Gasteiger partial charge in [-0.3, -0.25) is 4.99 Å². The Labute approximate surface area is 135 Å². The number of nitrogens with zero attached hydrogens (tertiary/aromatic N) is 2. The minimum atomic E-state index is 0.663. The molecule has 4 heteroatoms. The Kier molecular flexibility index (Phi) is 4.39. The normalized spacial score (nSPS) is 11.0. The second-order valence-electron chi connectivity index (χ2n) is 5.24. The van der Waals surface area contributed by atoms with E-state index in [0.717, 1.165) is 29.8 Å². The highest BCUT2D eigenvalue weighted by Crippen LogP contribution is 2.23. The van der Waals surface area contributed by atoms with Crippen molar-refractivity contribution in [3.63, 3.8) is 0 Å². The number of hydrogen-bond donors (Lipinski definition) is 1. The highest BCUT2D eigenvalue weighted by atomic mass is 16.5. The maximum Gasteiger partial charge on any atom is 0.120 e. The van der Waals surface area contributed by atoms with E-state index >= 15 is 0 Å². The fourth-order valence-corrected chi connectivity index (χ4v) is 2.50. The molecule has 0 aliphatic rings. The van der Waals surface area contributed by atoms with Crippen LogP contribution in [-0.4, -0.2) is 24.9 Å². The minimum Gasteiger partial charge on any atom is -0.497 e. The van der Waals surface area contributed by atoms with Gasteiger partial charge < -0.3 is 9.72 Å². The maximum atomic E-state index is 8.77. The molecule has 114 valence electrons. The molecule has 4 nitrogen and oxygen atoms in total. The number of aromatic nitrogens is 1. The molecule has 0 spiro atoms. The van der Waals surface area contributed by atoms with E-state index in [1.165, 1.54) is 10.9 Å². The lowest BCUT2D eigenvalue weighted by Crippen LogP contribution is -1.90. The van der Waals surface area contributed by atoms with Gasteiger partial charge in [0.1, 0.15) is 5.75 Å². The van der Waals surface area contributed by atoms with Crippen molar-refractivity contribution in [1.82, 2.24) is 4.98 Å². The molecule has 1 N–H and O–H groups in total. The van der Waals surface area contributed by atoms with Crippen molar-refractivity contribution in [2.75, 3.05) is 13.7 Å². The van der Waals surface area contributed by atoms with Gasteiger partial charge in [0.2, 0.25) is 0 Å². The van der Waals surface area contributed by atoms with Crippen LogP contribution in [0.2, 0.25) is 0 Å². The molecule has 3 rings (SSSR count). The lowest BCUT2D eigenvalue weighted by Gasteiger charge is -2.00. The molecule has 0 unspecified atom stereocenters. The van der Waals surface area contributed by atoms with Crippen LogP contribution in [0.3, 0.4) is 0 Å². The molecular formula is C19H17N3O. The third-order valence-corrected chi connectivity index (χ3v) is 3.76. The van der Waals surface area contributed by atoms with Crippen molar-refractivity contribution in [3.05, 3.63) is 65.4 Å². The van der Waals surface area contributed by atoms with Gasteiger partial charge in [0.15, 0.2) is 0 Å². The number of nitrogens with one attached hydrogen (secondary N) is 1. The Morgan fingerprint density at radius 1 is 1.22 bits per heavy atom. The summed E-state index contributed by atoms with van der Waals surface area (Å²) in [4.78, 5) is 7.74. The summed E-state index contributed by atoms with van der Waals surface area (Å²) in [6.45, 7) is 0.721. The van der Waals surface area contributed by atoms with Crippen LogP contribution >= 0.6 is 0 Å². The summed E-state index contributed by atoms with van der Waals surface area (Å²) in [6, 6.07) is 15.6. The van der Waals surface area contributed by atoms with E-state index in [9.17, 15) is 0 Å². The molecule has 1 heterocycles. The highest BCUT2D eigenvalue weighted by Gasteiger charge is 2.04. The number of rotatable bonds is 5. The number of benzene rings is 2. The van der Waals surface area contributed by atoms with Crippen LogP contribution in [0.1, 0.15) is 16.7 Å². The SMILES string of the molecule is COc1ccc2c(CCN=Cc3ccc(C#N)cc3)c[nH]c2c1. The number of nitriles is 1. The fourth-order valence-electron chi connectivity index (χ4n) is 2.50. The Morgan fingerprint density at radius 3 is 2.78 bits per heavy atom. The molecule has 23 heavy (non-hydrogen) atoms. The van der Waals surface area contributed by atoms with Gasteiger partial charge in [-0.1, -0.05) is 12.1 Å². The summed E-state index contributed by atoms with van der Waals surface area (Å²) in [5.41, 5.74) is 4.00. The number of aliphatic imine (C=N–C) groups is 1. The molecule has 0 aliphatic heterocycles. The van der Waals surface area contributed by atoms with E-state index in [1.807, 2.05) is 36.7 Å². The van der Waals surface area contributed by atoms with Crippen LogP contribution in [0, 0.1) is 11.3 Å². The van der Waals surface area contributed by atoms with Crippen molar-refractivity contribution >= 4 is 17.1 Å². The number of H-pyrrole nitrogens is 1. The van der Waals surface area contributed by atoms with E-state index < -0.39 is 0 Å². The zero-order valence-corrected chi connectivity index (χ0v) is 12.9. The lowest BCUT2D eigenvalue weighted by molar-refractivity contribution is 0.415. The summed E-state index contributed by atoms with van der Waals surface area (Å²) in [7, 11) is 1.67. The summed E-state index contributed by atoms with van der Waals surface area (Å²) in [5.74, 6) is 0.852. The Hall–Kier alpha value is -3.06. The monoisotopic (exact) mass is 303 g/mol. The predicted octanol–water partition coefficient (Wildman–Crippen LogP) is 3.71. The second-order valence-corrected chi connectivity index (χ2v) is 5.24. The smallest absolute Gasteiger partial charge is 0.120 e. The Balaban J connectivity index is 1.64. The van der Waals surface area contributed by atoms with Gasteiger partial charge in [-0.2, -0.15) is 5.26 Å². The van der Waals surface area contributed by atoms with E-state index in [4.69, 9.17) is 10.00 Å². The predicted molar refractivity (Wildman–Crippen MR) is 92.2 cm³/mol. The summed E-state index contributed by atoms with van der Waals surface area (Å²) < 4.78 is 5.23. The minimum absolute atomic E-state index is 0.663. The fraction of sp³-hybridized carbons (Fsp3) is 0.158. The molecule has 0 saturated carbocycles. The van der Waals surface area contributed by atoms with Crippen molar-refractivity contribution in [1.29, 1.82) is 5.26 Å². The number of hydrogen-bond acceptors (Lipinski definition) is 3. The topological polar surface area (TPSA) is 61.2 Å². The molecule has 2 aromatic carbocycles. The number of fused-ring (bicyclic) bond motifs is 1. The lowest BCUT2D eigenvalue weighted by atomic mass is 10.1. The molecular weight excluding hydrogens is 286 g/mol. The second kappa shape index (κ2) is 6.80. The first-order chi connectivity index (χ1) is 11.3. The first kappa shape index (κ1) is 14.9. The third-order valence-electron chi connectivity index (χ3n) is 3.76. The van der Waals surface area contributed by atoms with Crippen LogP contribution in [0.4, 0.5) is 0 Å².